The van der Waals surface area contributed by atoms with Crippen LogP contribution in [0.5, 0.6) is 0 Å². The lowest BCUT2D eigenvalue weighted by Gasteiger charge is -2.21. The van der Waals surface area contributed by atoms with Crippen LogP contribution in [0.1, 0.15) is 60.6 Å². The zero-order valence-electron chi connectivity index (χ0n) is 19.8. The second-order valence-electron chi connectivity index (χ2n) is 9.77. The van der Waals surface area contributed by atoms with Crippen molar-refractivity contribution < 1.29 is 14.3 Å². The molecular formula is C28H28Br2N2O3. The first kappa shape index (κ1) is 25.5. The average Bonchev–Trinajstić information content (AvgIpc) is 3.57. The Labute approximate surface area is 222 Å². The smallest absolute Gasteiger partial charge is 0.338 e. The molecule has 1 aliphatic rings. The lowest BCUT2D eigenvalue weighted by molar-refractivity contribution is 0.00694. The van der Waals surface area contributed by atoms with E-state index in [1.54, 1.807) is 18.2 Å². The number of rotatable bonds is 6. The SMILES string of the molecule is CC(C)(C)OC(=O)c1cc(Br)cc(NC(=O)NC(c2ccccc2)C2CC2c2ccc(Br)cc2)c1. The summed E-state index contributed by atoms with van der Waals surface area (Å²) in [6.07, 6.45) is 1.00. The molecule has 5 nitrogen and oxygen atoms in total. The zero-order valence-corrected chi connectivity index (χ0v) is 23.0. The second kappa shape index (κ2) is 10.5. The van der Waals surface area contributed by atoms with Crippen LogP contribution in [0, 0.1) is 5.92 Å². The Balaban J connectivity index is 1.49. The fraction of sp³-hybridized carbons (Fsp3) is 0.286. The van der Waals surface area contributed by atoms with Crippen molar-refractivity contribution in [1.29, 1.82) is 0 Å². The predicted octanol–water partition coefficient (Wildman–Crippen LogP) is 7.83. The minimum Gasteiger partial charge on any atom is -0.456 e. The summed E-state index contributed by atoms with van der Waals surface area (Å²) in [5.41, 5.74) is 2.60. The highest BCUT2D eigenvalue weighted by Gasteiger charge is 2.45. The van der Waals surface area contributed by atoms with Crippen molar-refractivity contribution in [2.24, 2.45) is 5.92 Å². The van der Waals surface area contributed by atoms with Gasteiger partial charge in [0.05, 0.1) is 11.6 Å². The number of esters is 1. The van der Waals surface area contributed by atoms with Crippen LogP contribution >= 0.6 is 31.9 Å². The molecule has 0 saturated heterocycles. The summed E-state index contributed by atoms with van der Waals surface area (Å²) < 4.78 is 7.20. The molecule has 0 aromatic heterocycles. The Bertz CT molecular complexity index is 1210. The summed E-state index contributed by atoms with van der Waals surface area (Å²) in [5.74, 6) is 0.238. The van der Waals surface area contributed by atoms with Gasteiger partial charge in [-0.3, -0.25) is 0 Å². The number of benzene rings is 3. The molecule has 4 rings (SSSR count). The maximum Gasteiger partial charge on any atom is 0.338 e. The molecule has 0 spiro atoms. The molecule has 3 atom stereocenters. The largest absolute Gasteiger partial charge is 0.456 e. The van der Waals surface area contributed by atoms with Crippen LogP contribution in [0.4, 0.5) is 10.5 Å². The number of anilines is 1. The number of carbonyl (C=O) groups is 2. The first-order valence-electron chi connectivity index (χ1n) is 11.5. The molecule has 0 radical (unpaired) electrons. The molecule has 0 bridgehead atoms. The minimum absolute atomic E-state index is 0.137. The van der Waals surface area contributed by atoms with E-state index >= 15 is 0 Å². The van der Waals surface area contributed by atoms with Gasteiger partial charge in [-0.15, -0.1) is 0 Å². The second-order valence-corrected chi connectivity index (χ2v) is 11.6. The van der Waals surface area contributed by atoms with E-state index in [-0.39, 0.29) is 12.1 Å². The molecule has 3 unspecified atom stereocenters. The van der Waals surface area contributed by atoms with Gasteiger partial charge in [-0.1, -0.05) is 74.3 Å². The van der Waals surface area contributed by atoms with Gasteiger partial charge < -0.3 is 15.4 Å². The van der Waals surface area contributed by atoms with E-state index in [1.165, 1.54) is 5.56 Å². The highest BCUT2D eigenvalue weighted by Crippen LogP contribution is 2.54. The third kappa shape index (κ3) is 6.95. The fourth-order valence-corrected chi connectivity index (χ4v) is 4.96. The van der Waals surface area contributed by atoms with Gasteiger partial charge in [-0.25, -0.2) is 9.59 Å². The molecular weight excluding hydrogens is 572 g/mol. The monoisotopic (exact) mass is 598 g/mol. The number of hydrogen-bond acceptors (Lipinski definition) is 3. The first-order valence-corrected chi connectivity index (χ1v) is 13.1. The third-order valence-corrected chi connectivity index (χ3v) is 6.79. The molecule has 2 amide bonds. The van der Waals surface area contributed by atoms with Crippen molar-refractivity contribution in [2.75, 3.05) is 5.32 Å². The Morgan fingerprint density at radius 1 is 0.943 bits per heavy atom. The van der Waals surface area contributed by atoms with Crippen molar-refractivity contribution in [3.63, 3.8) is 0 Å². The van der Waals surface area contributed by atoms with Crippen molar-refractivity contribution in [1.82, 2.24) is 5.32 Å². The van der Waals surface area contributed by atoms with E-state index < -0.39 is 11.6 Å². The molecule has 0 heterocycles. The number of carbonyl (C=O) groups excluding carboxylic acids is 2. The molecule has 2 N–H and O–H groups in total. The number of amides is 2. The summed E-state index contributed by atoms with van der Waals surface area (Å²) >= 11 is 6.92. The summed E-state index contributed by atoms with van der Waals surface area (Å²) in [7, 11) is 0. The Morgan fingerprint density at radius 2 is 1.63 bits per heavy atom. The van der Waals surface area contributed by atoms with Gasteiger partial charge in [-0.05, 0) is 80.5 Å². The van der Waals surface area contributed by atoms with E-state index in [0.29, 0.717) is 27.6 Å². The Morgan fingerprint density at radius 3 is 2.29 bits per heavy atom. The van der Waals surface area contributed by atoms with Gasteiger partial charge in [0, 0.05) is 14.6 Å². The van der Waals surface area contributed by atoms with Crippen molar-refractivity contribution in [3.05, 3.63) is 98.4 Å². The third-order valence-electron chi connectivity index (χ3n) is 5.80. The van der Waals surface area contributed by atoms with Gasteiger partial charge in [-0.2, -0.15) is 0 Å². The molecule has 1 fully saturated rings. The number of urea groups is 1. The van der Waals surface area contributed by atoms with E-state index in [0.717, 1.165) is 16.5 Å². The van der Waals surface area contributed by atoms with Gasteiger partial charge in [0.2, 0.25) is 0 Å². The van der Waals surface area contributed by atoms with Crippen molar-refractivity contribution in [2.45, 2.75) is 44.8 Å². The highest BCUT2D eigenvalue weighted by atomic mass is 79.9. The van der Waals surface area contributed by atoms with Crippen LogP contribution in [-0.4, -0.2) is 17.6 Å². The number of ether oxygens (including phenoxy) is 1. The van der Waals surface area contributed by atoms with E-state index in [4.69, 9.17) is 4.74 Å². The van der Waals surface area contributed by atoms with Crippen LogP contribution in [0.2, 0.25) is 0 Å². The van der Waals surface area contributed by atoms with Gasteiger partial charge in [0.25, 0.3) is 0 Å². The maximum atomic E-state index is 13.1. The fourth-order valence-electron chi connectivity index (χ4n) is 4.20. The van der Waals surface area contributed by atoms with Crippen LogP contribution in [-0.2, 0) is 4.74 Å². The zero-order chi connectivity index (χ0) is 25.2. The van der Waals surface area contributed by atoms with Crippen molar-refractivity contribution >= 4 is 49.5 Å². The van der Waals surface area contributed by atoms with Crippen LogP contribution in [0.15, 0.2) is 81.7 Å². The maximum absolute atomic E-state index is 13.1. The highest BCUT2D eigenvalue weighted by molar-refractivity contribution is 9.10. The number of hydrogen-bond donors (Lipinski definition) is 2. The van der Waals surface area contributed by atoms with Crippen LogP contribution in [0.3, 0.4) is 0 Å². The molecule has 0 aliphatic heterocycles. The lowest BCUT2D eigenvalue weighted by Crippen LogP contribution is -2.34. The van der Waals surface area contributed by atoms with E-state index in [1.807, 2.05) is 51.1 Å². The summed E-state index contributed by atoms with van der Waals surface area (Å²) in [6, 6.07) is 23.0. The first-order chi connectivity index (χ1) is 16.6. The number of nitrogens with one attached hydrogen (secondary N) is 2. The molecule has 182 valence electrons. The van der Waals surface area contributed by atoms with Gasteiger partial charge >= 0.3 is 12.0 Å². The number of halogens is 2. The van der Waals surface area contributed by atoms with Gasteiger partial charge in [0.15, 0.2) is 0 Å². The van der Waals surface area contributed by atoms with Crippen LogP contribution < -0.4 is 10.6 Å². The normalized spacial score (nSPS) is 17.9. The topological polar surface area (TPSA) is 67.4 Å². The predicted molar refractivity (Wildman–Crippen MR) is 146 cm³/mol. The van der Waals surface area contributed by atoms with E-state index in [2.05, 4.69) is 66.8 Å². The standard InChI is InChI=1S/C28H28Br2N2O3/c1-28(2,3)35-26(33)19-13-21(30)15-22(14-19)31-27(34)32-25(18-7-5-4-6-8-18)24-16-23(24)17-9-11-20(29)12-10-17/h4-15,23-25H,16H2,1-3H3,(H2,31,32,34). The summed E-state index contributed by atoms with van der Waals surface area (Å²) in [5, 5.41) is 6.06. The van der Waals surface area contributed by atoms with Crippen molar-refractivity contribution in [3.8, 4) is 0 Å². The quantitative estimate of drug-likeness (QED) is 0.284. The molecule has 3 aromatic rings. The summed E-state index contributed by atoms with van der Waals surface area (Å²) in [4.78, 5) is 25.6. The average molecular weight is 600 g/mol. The van der Waals surface area contributed by atoms with E-state index in [9.17, 15) is 9.59 Å². The Hall–Kier alpha value is -2.64. The Kier molecular flexibility index (Phi) is 7.67. The molecule has 1 aliphatic carbocycles. The lowest BCUT2D eigenvalue weighted by atomic mass is 9.99. The van der Waals surface area contributed by atoms with Gasteiger partial charge in [0.1, 0.15) is 5.60 Å². The summed E-state index contributed by atoms with van der Waals surface area (Å²) in [6.45, 7) is 5.45. The molecule has 1 saturated carbocycles. The van der Waals surface area contributed by atoms with Crippen LogP contribution in [0.25, 0.3) is 0 Å². The molecule has 7 heteroatoms. The molecule has 35 heavy (non-hydrogen) atoms. The molecule has 3 aromatic carbocycles. The minimum atomic E-state index is -0.608.